The van der Waals surface area contributed by atoms with Crippen molar-refractivity contribution in [1.82, 2.24) is 0 Å². The standard InChI is InChI=1S/C10H6F4O/c1-2-7-3-5-8(6-4-7)15-9(11)10(12,13)14/h1,3-6,9H. The lowest BCUT2D eigenvalue weighted by Gasteiger charge is -2.13. The Labute approximate surface area is 83.7 Å². The molecule has 0 saturated heterocycles. The van der Waals surface area contributed by atoms with Crippen LogP contribution in [0.2, 0.25) is 0 Å². The molecule has 0 amide bonds. The molecule has 1 aromatic carbocycles. The van der Waals surface area contributed by atoms with Crippen molar-refractivity contribution in [2.75, 3.05) is 0 Å². The molecule has 0 saturated carbocycles. The molecule has 80 valence electrons. The van der Waals surface area contributed by atoms with Gasteiger partial charge in [0, 0.05) is 5.56 Å². The minimum Gasteiger partial charge on any atom is -0.452 e. The molecule has 1 atom stereocenters. The Morgan fingerprint density at radius 3 is 2.13 bits per heavy atom. The Bertz CT molecular complexity index is 360. The molecule has 1 aromatic rings. The van der Waals surface area contributed by atoms with Gasteiger partial charge >= 0.3 is 12.5 Å². The van der Waals surface area contributed by atoms with Gasteiger partial charge in [-0.25, -0.2) is 0 Å². The molecule has 0 aliphatic rings. The average Bonchev–Trinajstić information content (AvgIpc) is 2.17. The van der Waals surface area contributed by atoms with E-state index in [4.69, 9.17) is 6.42 Å². The Kier molecular flexibility index (Phi) is 3.20. The molecule has 0 aromatic heterocycles. The summed E-state index contributed by atoms with van der Waals surface area (Å²) < 4.78 is 51.7. The number of halogens is 4. The maximum Gasteiger partial charge on any atom is 0.457 e. The number of alkyl halides is 4. The van der Waals surface area contributed by atoms with Gasteiger partial charge in [-0.3, -0.25) is 0 Å². The summed E-state index contributed by atoms with van der Waals surface area (Å²) >= 11 is 0. The molecule has 5 heteroatoms. The largest absolute Gasteiger partial charge is 0.457 e. The highest BCUT2D eigenvalue weighted by Gasteiger charge is 2.42. The van der Waals surface area contributed by atoms with Crippen molar-refractivity contribution < 1.29 is 22.3 Å². The van der Waals surface area contributed by atoms with Crippen LogP contribution in [-0.2, 0) is 0 Å². The van der Waals surface area contributed by atoms with Crippen LogP contribution in [0, 0.1) is 12.3 Å². The minimum atomic E-state index is -5.02. The van der Waals surface area contributed by atoms with Crippen LogP contribution < -0.4 is 4.74 Å². The number of benzene rings is 1. The quantitative estimate of drug-likeness (QED) is 0.547. The monoisotopic (exact) mass is 218 g/mol. The third-order valence-corrected chi connectivity index (χ3v) is 1.52. The van der Waals surface area contributed by atoms with Crippen molar-refractivity contribution >= 4 is 0 Å². The molecule has 0 fully saturated rings. The number of terminal acetylenes is 1. The van der Waals surface area contributed by atoms with Gasteiger partial charge in [-0.15, -0.1) is 6.42 Å². The van der Waals surface area contributed by atoms with E-state index in [-0.39, 0.29) is 5.75 Å². The number of hydrogen-bond donors (Lipinski definition) is 0. The predicted molar refractivity (Wildman–Crippen MR) is 46.0 cm³/mol. The molecule has 0 heterocycles. The molecule has 0 N–H and O–H groups in total. The highest BCUT2D eigenvalue weighted by Crippen LogP contribution is 2.25. The van der Waals surface area contributed by atoms with Gasteiger partial charge in [-0.2, -0.15) is 17.6 Å². The van der Waals surface area contributed by atoms with E-state index in [0.717, 1.165) is 0 Å². The fourth-order valence-electron chi connectivity index (χ4n) is 0.816. The fourth-order valence-corrected chi connectivity index (χ4v) is 0.816. The Morgan fingerprint density at radius 1 is 1.20 bits per heavy atom. The third kappa shape index (κ3) is 3.17. The Hall–Kier alpha value is -1.70. The van der Waals surface area contributed by atoms with Gasteiger partial charge in [0.15, 0.2) is 0 Å². The Morgan fingerprint density at radius 2 is 1.73 bits per heavy atom. The van der Waals surface area contributed by atoms with Gasteiger partial charge in [0.25, 0.3) is 0 Å². The van der Waals surface area contributed by atoms with Gasteiger partial charge in [0.2, 0.25) is 0 Å². The van der Waals surface area contributed by atoms with Crippen molar-refractivity contribution in [3.8, 4) is 18.1 Å². The lowest BCUT2D eigenvalue weighted by molar-refractivity contribution is -0.236. The van der Waals surface area contributed by atoms with Crippen LogP contribution >= 0.6 is 0 Å². The molecule has 1 unspecified atom stereocenters. The number of rotatable bonds is 2. The number of hydrogen-bond acceptors (Lipinski definition) is 1. The Balaban J connectivity index is 2.70. The van der Waals surface area contributed by atoms with Gasteiger partial charge in [-0.05, 0) is 24.3 Å². The maximum absolute atomic E-state index is 12.4. The van der Waals surface area contributed by atoms with Crippen LogP contribution in [-0.4, -0.2) is 12.5 Å². The van der Waals surface area contributed by atoms with Crippen LogP contribution in [0.4, 0.5) is 17.6 Å². The summed E-state index contributed by atoms with van der Waals surface area (Å²) in [4.78, 5) is 0. The first-order chi connectivity index (χ1) is 6.93. The van der Waals surface area contributed by atoms with E-state index >= 15 is 0 Å². The van der Waals surface area contributed by atoms with Crippen LogP contribution in [0.15, 0.2) is 24.3 Å². The zero-order chi connectivity index (χ0) is 11.5. The first kappa shape index (κ1) is 11.4. The van der Waals surface area contributed by atoms with E-state index in [0.29, 0.717) is 5.56 Å². The second kappa shape index (κ2) is 4.22. The second-order valence-corrected chi connectivity index (χ2v) is 2.64. The summed E-state index contributed by atoms with van der Waals surface area (Å²) in [7, 11) is 0. The van der Waals surface area contributed by atoms with E-state index < -0.39 is 12.5 Å². The van der Waals surface area contributed by atoms with Crippen LogP contribution in [0.3, 0.4) is 0 Å². The van der Waals surface area contributed by atoms with Crippen LogP contribution in [0.1, 0.15) is 5.56 Å². The van der Waals surface area contributed by atoms with Crippen LogP contribution in [0.5, 0.6) is 5.75 Å². The predicted octanol–water partition coefficient (Wildman–Crippen LogP) is 2.90. The highest BCUT2D eigenvalue weighted by molar-refractivity contribution is 5.36. The van der Waals surface area contributed by atoms with Gasteiger partial charge in [0.1, 0.15) is 5.75 Å². The van der Waals surface area contributed by atoms with Crippen molar-refractivity contribution in [3.63, 3.8) is 0 Å². The summed E-state index contributed by atoms with van der Waals surface area (Å²) in [5.74, 6) is 2.04. The van der Waals surface area contributed by atoms with Gasteiger partial charge in [0.05, 0.1) is 0 Å². The van der Waals surface area contributed by atoms with E-state index in [2.05, 4.69) is 10.7 Å². The summed E-state index contributed by atoms with van der Waals surface area (Å²) in [6, 6.07) is 5.07. The molecule has 0 aliphatic carbocycles. The van der Waals surface area contributed by atoms with E-state index in [9.17, 15) is 17.6 Å². The molecule has 15 heavy (non-hydrogen) atoms. The summed E-state index contributed by atoms with van der Waals surface area (Å²) in [6.45, 7) is 0. The molecular formula is C10H6F4O. The van der Waals surface area contributed by atoms with E-state index in [1.807, 2.05) is 0 Å². The van der Waals surface area contributed by atoms with Crippen molar-refractivity contribution in [2.24, 2.45) is 0 Å². The fraction of sp³-hybridized carbons (Fsp3) is 0.200. The summed E-state index contributed by atoms with van der Waals surface area (Å²) in [6.07, 6.45) is -3.32. The lowest BCUT2D eigenvalue weighted by Crippen LogP contribution is -2.29. The topological polar surface area (TPSA) is 9.23 Å². The molecule has 0 spiro atoms. The van der Waals surface area contributed by atoms with Gasteiger partial charge < -0.3 is 4.74 Å². The molecule has 0 bridgehead atoms. The van der Waals surface area contributed by atoms with Crippen molar-refractivity contribution in [2.45, 2.75) is 12.5 Å². The molecule has 1 rings (SSSR count). The first-order valence-corrected chi connectivity index (χ1v) is 3.87. The zero-order valence-electron chi connectivity index (χ0n) is 7.38. The maximum atomic E-state index is 12.4. The second-order valence-electron chi connectivity index (χ2n) is 2.64. The summed E-state index contributed by atoms with van der Waals surface area (Å²) in [5.41, 5.74) is 0.477. The molecule has 0 aliphatic heterocycles. The van der Waals surface area contributed by atoms with Crippen molar-refractivity contribution in [3.05, 3.63) is 29.8 Å². The zero-order valence-corrected chi connectivity index (χ0v) is 7.38. The van der Waals surface area contributed by atoms with Gasteiger partial charge in [-0.1, -0.05) is 5.92 Å². The normalized spacial score (nSPS) is 13.0. The smallest absolute Gasteiger partial charge is 0.452 e. The minimum absolute atomic E-state index is 0.223. The first-order valence-electron chi connectivity index (χ1n) is 3.87. The highest BCUT2D eigenvalue weighted by atomic mass is 19.4. The lowest BCUT2D eigenvalue weighted by atomic mass is 10.2. The van der Waals surface area contributed by atoms with Crippen molar-refractivity contribution in [1.29, 1.82) is 0 Å². The summed E-state index contributed by atoms with van der Waals surface area (Å²) in [5, 5.41) is 0. The molecular weight excluding hydrogens is 212 g/mol. The third-order valence-electron chi connectivity index (χ3n) is 1.52. The molecule has 0 radical (unpaired) electrons. The number of ether oxygens (including phenoxy) is 1. The van der Waals surface area contributed by atoms with E-state index in [1.165, 1.54) is 24.3 Å². The molecule has 1 nitrogen and oxygen atoms in total. The van der Waals surface area contributed by atoms with Crippen LogP contribution in [0.25, 0.3) is 0 Å². The van der Waals surface area contributed by atoms with E-state index in [1.54, 1.807) is 0 Å². The average molecular weight is 218 g/mol. The SMILES string of the molecule is C#Cc1ccc(OC(F)C(F)(F)F)cc1.